The number of thiazole rings is 1. The molecular formula is C17H15N3O2S. The van der Waals surface area contributed by atoms with Crippen molar-refractivity contribution in [3.05, 3.63) is 76.2 Å². The lowest BCUT2D eigenvalue weighted by molar-refractivity contribution is -0.614. The van der Waals surface area contributed by atoms with Gasteiger partial charge >= 0.3 is 0 Å². The van der Waals surface area contributed by atoms with Crippen molar-refractivity contribution in [3.63, 3.8) is 0 Å². The van der Waals surface area contributed by atoms with Crippen LogP contribution >= 0.6 is 11.3 Å². The quantitative estimate of drug-likeness (QED) is 0.592. The van der Waals surface area contributed by atoms with Gasteiger partial charge in [-0.2, -0.15) is 4.73 Å². The van der Waals surface area contributed by atoms with Crippen molar-refractivity contribution in [1.29, 1.82) is 0 Å². The van der Waals surface area contributed by atoms with E-state index in [4.69, 9.17) is 0 Å². The molecule has 1 amide bonds. The van der Waals surface area contributed by atoms with E-state index >= 15 is 0 Å². The molecule has 0 fully saturated rings. The fourth-order valence-corrected chi connectivity index (χ4v) is 2.87. The molecule has 0 radical (unpaired) electrons. The first-order chi connectivity index (χ1) is 11.1. The Hall–Kier alpha value is -2.73. The third-order valence-electron chi connectivity index (χ3n) is 3.37. The van der Waals surface area contributed by atoms with Gasteiger partial charge in [0.2, 0.25) is 5.69 Å². The number of nitrogens with one attached hydrogen (secondary N) is 1. The number of nitrogens with zero attached hydrogens (tertiary/aromatic N) is 2. The first-order valence-corrected chi connectivity index (χ1v) is 7.99. The summed E-state index contributed by atoms with van der Waals surface area (Å²) in [5, 5.41) is 16.8. The number of pyridine rings is 1. The molecule has 116 valence electrons. The Morgan fingerprint density at radius 2 is 2.04 bits per heavy atom. The Morgan fingerprint density at radius 1 is 1.26 bits per heavy atom. The molecule has 6 heteroatoms. The van der Waals surface area contributed by atoms with Gasteiger partial charge in [0.1, 0.15) is 17.2 Å². The molecule has 0 aliphatic carbocycles. The van der Waals surface area contributed by atoms with Gasteiger partial charge < -0.3 is 10.5 Å². The second-order valence-corrected chi connectivity index (χ2v) is 5.96. The molecule has 0 saturated heterocycles. The standard InChI is InChI=1S/C17H15N3O2S/c1-12-5-7-13(8-6-12)17-19-15(11-23-17)16(21)18-10-14-4-2-3-9-20(14)22/h2-9,11H,10H2,1H3,(H,18,21). The van der Waals surface area contributed by atoms with E-state index in [0.717, 1.165) is 15.3 Å². The summed E-state index contributed by atoms with van der Waals surface area (Å²) < 4.78 is 0.735. The number of carbonyl (C=O) groups excluding carboxylic acids is 1. The minimum absolute atomic E-state index is 0.167. The molecule has 0 unspecified atom stereocenters. The number of rotatable bonds is 4. The van der Waals surface area contributed by atoms with Crippen molar-refractivity contribution < 1.29 is 9.52 Å². The Bertz CT molecular complexity index is 828. The van der Waals surface area contributed by atoms with E-state index in [1.165, 1.54) is 23.1 Å². The molecule has 0 aliphatic rings. The molecular weight excluding hydrogens is 310 g/mol. The number of benzene rings is 1. The monoisotopic (exact) mass is 325 g/mol. The van der Waals surface area contributed by atoms with Gasteiger partial charge in [-0.25, -0.2) is 4.98 Å². The summed E-state index contributed by atoms with van der Waals surface area (Å²) >= 11 is 1.42. The molecule has 2 heterocycles. The number of carbonyl (C=O) groups is 1. The van der Waals surface area contributed by atoms with Gasteiger partial charge in [0.15, 0.2) is 6.20 Å². The van der Waals surface area contributed by atoms with Gasteiger partial charge in [0, 0.05) is 23.1 Å². The van der Waals surface area contributed by atoms with Crippen LogP contribution in [0.25, 0.3) is 10.6 Å². The van der Waals surface area contributed by atoms with E-state index in [2.05, 4.69) is 10.3 Å². The lowest BCUT2D eigenvalue weighted by Gasteiger charge is -2.04. The smallest absolute Gasteiger partial charge is 0.271 e. The van der Waals surface area contributed by atoms with Gasteiger partial charge in [-0.05, 0) is 13.0 Å². The minimum Gasteiger partial charge on any atom is -0.618 e. The molecule has 23 heavy (non-hydrogen) atoms. The maximum Gasteiger partial charge on any atom is 0.271 e. The fourth-order valence-electron chi connectivity index (χ4n) is 2.07. The Labute approximate surface area is 137 Å². The fraction of sp³-hybridized carbons (Fsp3) is 0.118. The van der Waals surface area contributed by atoms with Crippen molar-refractivity contribution in [1.82, 2.24) is 10.3 Å². The van der Waals surface area contributed by atoms with E-state index in [1.54, 1.807) is 23.6 Å². The summed E-state index contributed by atoms with van der Waals surface area (Å²) in [4.78, 5) is 16.5. The van der Waals surface area contributed by atoms with E-state index < -0.39 is 0 Å². The molecule has 0 atom stereocenters. The molecule has 3 aromatic rings. The van der Waals surface area contributed by atoms with Crippen LogP contribution in [-0.2, 0) is 6.54 Å². The van der Waals surface area contributed by atoms with E-state index in [9.17, 15) is 10.0 Å². The highest BCUT2D eigenvalue weighted by molar-refractivity contribution is 7.13. The van der Waals surface area contributed by atoms with Crippen molar-refractivity contribution in [2.45, 2.75) is 13.5 Å². The summed E-state index contributed by atoms with van der Waals surface area (Å²) in [5.41, 5.74) is 3.01. The minimum atomic E-state index is -0.288. The number of hydrogen-bond donors (Lipinski definition) is 1. The molecule has 0 aliphatic heterocycles. The molecule has 1 N–H and O–H groups in total. The summed E-state index contributed by atoms with van der Waals surface area (Å²) in [6.07, 6.45) is 1.40. The van der Waals surface area contributed by atoms with Crippen LogP contribution in [0.2, 0.25) is 0 Å². The van der Waals surface area contributed by atoms with Gasteiger partial charge in [-0.3, -0.25) is 4.79 Å². The van der Waals surface area contributed by atoms with Crippen molar-refractivity contribution in [2.75, 3.05) is 0 Å². The average Bonchev–Trinajstić information content (AvgIpc) is 3.04. The summed E-state index contributed by atoms with van der Waals surface area (Å²) in [7, 11) is 0. The number of hydrogen-bond acceptors (Lipinski definition) is 4. The normalized spacial score (nSPS) is 10.5. The van der Waals surface area contributed by atoms with Gasteiger partial charge in [0.25, 0.3) is 5.91 Å². The number of aromatic nitrogens is 2. The second-order valence-electron chi connectivity index (χ2n) is 5.10. The summed E-state index contributed by atoms with van der Waals surface area (Å²) in [6.45, 7) is 2.19. The topological polar surface area (TPSA) is 68.9 Å². The lowest BCUT2D eigenvalue weighted by atomic mass is 10.2. The van der Waals surface area contributed by atoms with Crippen LogP contribution in [0.4, 0.5) is 0 Å². The lowest BCUT2D eigenvalue weighted by Crippen LogP contribution is -2.35. The molecule has 0 saturated carbocycles. The Balaban J connectivity index is 1.69. The van der Waals surface area contributed by atoms with Crippen molar-refractivity contribution >= 4 is 17.2 Å². The van der Waals surface area contributed by atoms with Crippen LogP contribution in [0.5, 0.6) is 0 Å². The van der Waals surface area contributed by atoms with E-state index in [1.807, 2.05) is 31.2 Å². The van der Waals surface area contributed by atoms with Crippen LogP contribution in [0.1, 0.15) is 21.7 Å². The number of amides is 1. The van der Waals surface area contributed by atoms with E-state index in [-0.39, 0.29) is 12.5 Å². The van der Waals surface area contributed by atoms with Crippen LogP contribution < -0.4 is 10.0 Å². The zero-order valence-corrected chi connectivity index (χ0v) is 13.3. The molecule has 3 rings (SSSR count). The third kappa shape index (κ3) is 3.54. The van der Waals surface area contributed by atoms with Crippen LogP contribution in [0.3, 0.4) is 0 Å². The molecule has 1 aromatic carbocycles. The van der Waals surface area contributed by atoms with E-state index in [0.29, 0.717) is 11.4 Å². The van der Waals surface area contributed by atoms with Crippen LogP contribution in [-0.4, -0.2) is 10.9 Å². The van der Waals surface area contributed by atoms with Crippen molar-refractivity contribution in [3.8, 4) is 10.6 Å². The third-order valence-corrected chi connectivity index (χ3v) is 4.26. The van der Waals surface area contributed by atoms with Crippen LogP contribution in [0.15, 0.2) is 54.0 Å². The van der Waals surface area contributed by atoms with Gasteiger partial charge in [0.05, 0.1) is 0 Å². The second kappa shape index (κ2) is 6.58. The zero-order chi connectivity index (χ0) is 16.2. The molecule has 5 nitrogen and oxygen atoms in total. The largest absolute Gasteiger partial charge is 0.618 e. The summed E-state index contributed by atoms with van der Waals surface area (Å²) in [6, 6.07) is 13.1. The van der Waals surface area contributed by atoms with Crippen LogP contribution in [0, 0.1) is 12.1 Å². The highest BCUT2D eigenvalue weighted by Crippen LogP contribution is 2.23. The van der Waals surface area contributed by atoms with Crippen molar-refractivity contribution in [2.24, 2.45) is 0 Å². The predicted molar refractivity (Wildman–Crippen MR) is 88.9 cm³/mol. The molecule has 0 bridgehead atoms. The Morgan fingerprint density at radius 3 is 2.78 bits per heavy atom. The summed E-state index contributed by atoms with van der Waals surface area (Å²) in [5.74, 6) is -0.288. The average molecular weight is 325 g/mol. The zero-order valence-electron chi connectivity index (χ0n) is 12.5. The Kier molecular flexibility index (Phi) is 4.34. The SMILES string of the molecule is Cc1ccc(-c2nc(C(=O)NCc3cccc[n+]3[O-])cs2)cc1. The highest BCUT2D eigenvalue weighted by atomic mass is 32.1. The van der Waals surface area contributed by atoms with Gasteiger partial charge in [-0.15, -0.1) is 11.3 Å². The predicted octanol–water partition coefficient (Wildman–Crippen LogP) is 2.68. The van der Waals surface area contributed by atoms with Gasteiger partial charge in [-0.1, -0.05) is 29.8 Å². The molecule has 0 spiro atoms. The maximum atomic E-state index is 12.1. The first kappa shape index (κ1) is 15.2. The number of aryl methyl sites for hydroxylation is 1. The highest BCUT2D eigenvalue weighted by Gasteiger charge is 2.13. The maximum absolute atomic E-state index is 12.1. The molecule has 2 aromatic heterocycles. The first-order valence-electron chi connectivity index (χ1n) is 7.11.